The topological polar surface area (TPSA) is 102 Å². The average Bonchev–Trinajstić information content (AvgIpc) is 3.33. The maximum Gasteiger partial charge on any atom is 0.251 e. The molecule has 0 aliphatic carbocycles. The number of benzene rings is 1. The van der Waals surface area contributed by atoms with E-state index in [1.807, 2.05) is 14.0 Å². The lowest BCUT2D eigenvalue weighted by Gasteiger charge is -2.08. The smallest absolute Gasteiger partial charge is 0.251 e. The molecule has 10 heteroatoms. The fourth-order valence-electron chi connectivity index (χ4n) is 2.69. The molecule has 0 saturated carbocycles. The summed E-state index contributed by atoms with van der Waals surface area (Å²) in [4.78, 5) is 29.0. The van der Waals surface area contributed by atoms with Crippen LogP contribution in [0.3, 0.4) is 0 Å². The molecule has 1 aromatic carbocycles. The number of aryl methyl sites for hydroxylation is 3. The molecular formula is C20H24N6O2S2. The Hall–Kier alpha value is -2.72. The van der Waals surface area contributed by atoms with Gasteiger partial charge in [-0.3, -0.25) is 9.59 Å². The molecule has 0 radical (unpaired) electrons. The number of aromatic nitrogens is 4. The van der Waals surface area contributed by atoms with Gasteiger partial charge in [0.15, 0.2) is 5.16 Å². The number of carbonyl (C=O) groups excluding carboxylic acids is 2. The fourth-order valence-corrected chi connectivity index (χ4v) is 4.20. The van der Waals surface area contributed by atoms with Gasteiger partial charge in [-0.25, -0.2) is 4.98 Å². The number of unbranched alkanes of at least 4 members (excludes halogenated alkanes) is 1. The average molecular weight is 445 g/mol. The second-order valence-electron chi connectivity index (χ2n) is 6.74. The van der Waals surface area contributed by atoms with E-state index in [-0.39, 0.29) is 17.6 Å². The summed E-state index contributed by atoms with van der Waals surface area (Å²) in [5, 5.41) is 17.3. The monoisotopic (exact) mass is 444 g/mol. The molecule has 0 spiro atoms. The van der Waals surface area contributed by atoms with Gasteiger partial charge in [-0.1, -0.05) is 17.8 Å². The zero-order valence-electron chi connectivity index (χ0n) is 16.9. The quantitative estimate of drug-likeness (QED) is 0.368. The van der Waals surface area contributed by atoms with Crippen molar-refractivity contribution in [3.8, 4) is 0 Å². The van der Waals surface area contributed by atoms with Gasteiger partial charge in [-0.2, -0.15) is 0 Å². The number of rotatable bonds is 10. The van der Waals surface area contributed by atoms with Gasteiger partial charge in [-0.15, -0.1) is 21.5 Å². The molecule has 2 heterocycles. The molecule has 158 valence electrons. The summed E-state index contributed by atoms with van der Waals surface area (Å²) in [6.07, 6.45) is 4.39. The maximum absolute atomic E-state index is 12.4. The first-order chi connectivity index (χ1) is 14.5. The van der Waals surface area contributed by atoms with E-state index in [0.717, 1.165) is 30.0 Å². The highest BCUT2D eigenvalue weighted by Crippen LogP contribution is 2.16. The van der Waals surface area contributed by atoms with Gasteiger partial charge in [0.2, 0.25) is 5.91 Å². The molecule has 2 aromatic heterocycles. The second kappa shape index (κ2) is 10.9. The molecule has 0 aliphatic heterocycles. The third kappa shape index (κ3) is 6.67. The molecule has 0 bridgehead atoms. The first kappa shape index (κ1) is 22.0. The number of thiazole rings is 1. The van der Waals surface area contributed by atoms with Gasteiger partial charge >= 0.3 is 0 Å². The molecule has 30 heavy (non-hydrogen) atoms. The van der Waals surface area contributed by atoms with E-state index in [0.29, 0.717) is 23.0 Å². The predicted octanol–water partition coefficient (Wildman–Crippen LogP) is 3.06. The largest absolute Gasteiger partial charge is 0.352 e. The molecule has 8 nitrogen and oxygen atoms in total. The Labute approximate surface area is 183 Å². The Balaban J connectivity index is 1.40. The lowest BCUT2D eigenvalue weighted by atomic mass is 10.2. The van der Waals surface area contributed by atoms with Crippen LogP contribution in [0.1, 0.15) is 33.9 Å². The Kier molecular flexibility index (Phi) is 7.97. The summed E-state index contributed by atoms with van der Waals surface area (Å²) in [5.74, 6) is -0.107. The first-order valence-electron chi connectivity index (χ1n) is 9.57. The number of anilines is 1. The minimum atomic E-state index is -0.169. The summed E-state index contributed by atoms with van der Waals surface area (Å²) in [6, 6.07) is 6.93. The van der Waals surface area contributed by atoms with Crippen LogP contribution in [0.5, 0.6) is 0 Å². The number of thioether (sulfide) groups is 1. The van der Waals surface area contributed by atoms with Crippen molar-refractivity contribution in [2.75, 3.05) is 17.6 Å². The van der Waals surface area contributed by atoms with Crippen molar-refractivity contribution in [3.05, 3.63) is 52.2 Å². The molecule has 0 aliphatic rings. The van der Waals surface area contributed by atoms with Crippen molar-refractivity contribution >= 4 is 40.6 Å². The van der Waals surface area contributed by atoms with E-state index < -0.39 is 0 Å². The molecule has 3 aromatic rings. The summed E-state index contributed by atoms with van der Waals surface area (Å²) in [7, 11) is 1.82. The van der Waals surface area contributed by atoms with Gasteiger partial charge in [0.25, 0.3) is 5.91 Å². The van der Waals surface area contributed by atoms with Crippen LogP contribution in [0.15, 0.2) is 41.1 Å². The van der Waals surface area contributed by atoms with Crippen molar-refractivity contribution in [2.24, 2.45) is 7.05 Å². The van der Waals surface area contributed by atoms with Crippen LogP contribution in [-0.2, 0) is 18.3 Å². The molecule has 0 atom stereocenters. The van der Waals surface area contributed by atoms with Crippen molar-refractivity contribution in [1.82, 2.24) is 25.1 Å². The van der Waals surface area contributed by atoms with Crippen molar-refractivity contribution in [3.63, 3.8) is 0 Å². The minimum absolute atomic E-state index is 0.148. The molecule has 0 saturated heterocycles. The third-order valence-corrected chi connectivity index (χ3v) is 6.24. The Morgan fingerprint density at radius 2 is 2.13 bits per heavy atom. The normalized spacial score (nSPS) is 10.7. The van der Waals surface area contributed by atoms with Crippen LogP contribution in [0.2, 0.25) is 0 Å². The van der Waals surface area contributed by atoms with Gasteiger partial charge in [0.05, 0.1) is 10.8 Å². The molecule has 3 rings (SSSR count). The van der Waals surface area contributed by atoms with Gasteiger partial charge in [-0.05, 0) is 44.4 Å². The lowest BCUT2D eigenvalue weighted by molar-refractivity contribution is -0.113. The van der Waals surface area contributed by atoms with E-state index in [1.165, 1.54) is 11.8 Å². The molecule has 2 amide bonds. The van der Waals surface area contributed by atoms with Crippen LogP contribution in [0.25, 0.3) is 0 Å². The van der Waals surface area contributed by atoms with Crippen LogP contribution in [0, 0.1) is 6.92 Å². The number of hydrogen-bond donors (Lipinski definition) is 2. The van der Waals surface area contributed by atoms with Crippen LogP contribution in [-0.4, -0.2) is 43.9 Å². The second-order valence-corrected chi connectivity index (χ2v) is 8.62. The summed E-state index contributed by atoms with van der Waals surface area (Å²) < 4.78 is 1.75. The highest BCUT2D eigenvalue weighted by atomic mass is 32.2. The summed E-state index contributed by atoms with van der Waals surface area (Å²) >= 11 is 2.98. The zero-order chi connectivity index (χ0) is 21.3. The van der Waals surface area contributed by atoms with Gasteiger partial charge in [0, 0.05) is 35.9 Å². The maximum atomic E-state index is 12.4. The Morgan fingerprint density at radius 1 is 1.27 bits per heavy atom. The van der Waals surface area contributed by atoms with Crippen molar-refractivity contribution in [1.29, 1.82) is 0 Å². The van der Waals surface area contributed by atoms with E-state index >= 15 is 0 Å². The predicted molar refractivity (Wildman–Crippen MR) is 119 cm³/mol. The molecule has 0 unspecified atom stereocenters. The highest BCUT2D eigenvalue weighted by Gasteiger charge is 2.10. The number of nitrogens with one attached hydrogen (secondary N) is 2. The van der Waals surface area contributed by atoms with Gasteiger partial charge < -0.3 is 15.2 Å². The first-order valence-corrected chi connectivity index (χ1v) is 11.4. The number of hydrogen-bond acceptors (Lipinski definition) is 7. The van der Waals surface area contributed by atoms with E-state index in [2.05, 4.69) is 31.2 Å². The van der Waals surface area contributed by atoms with Crippen LogP contribution >= 0.6 is 23.1 Å². The summed E-state index contributed by atoms with van der Waals surface area (Å²) in [6.45, 7) is 2.60. The lowest BCUT2D eigenvalue weighted by Crippen LogP contribution is -2.24. The zero-order valence-corrected chi connectivity index (χ0v) is 18.6. The molecule has 2 N–H and O–H groups in total. The number of nitrogens with zero attached hydrogens (tertiary/aromatic N) is 4. The van der Waals surface area contributed by atoms with Crippen molar-refractivity contribution < 1.29 is 9.59 Å². The van der Waals surface area contributed by atoms with E-state index in [9.17, 15) is 9.59 Å². The standard InChI is InChI=1S/C20H24N6O2S2/c1-14-11-29-18(23-14)8-3-4-9-21-19(28)15-6-5-7-16(10-15)24-17(27)12-30-20-25-22-13-26(20)2/h5-7,10-11,13H,3-4,8-9,12H2,1-2H3,(H,21,28)(H,24,27). The van der Waals surface area contributed by atoms with E-state index in [4.69, 9.17) is 0 Å². The number of amides is 2. The highest BCUT2D eigenvalue weighted by molar-refractivity contribution is 7.99. The Bertz CT molecular complexity index is 1000. The van der Waals surface area contributed by atoms with Crippen LogP contribution < -0.4 is 10.6 Å². The van der Waals surface area contributed by atoms with E-state index in [1.54, 1.807) is 46.5 Å². The van der Waals surface area contributed by atoms with Gasteiger partial charge in [0.1, 0.15) is 6.33 Å². The van der Waals surface area contributed by atoms with Crippen molar-refractivity contribution in [2.45, 2.75) is 31.3 Å². The SMILES string of the molecule is Cc1csc(CCCCNC(=O)c2cccc(NC(=O)CSc3nncn3C)c2)n1. The number of carbonyl (C=O) groups is 2. The minimum Gasteiger partial charge on any atom is -0.352 e. The Morgan fingerprint density at radius 3 is 2.87 bits per heavy atom. The molecular weight excluding hydrogens is 420 g/mol. The third-order valence-electron chi connectivity index (χ3n) is 4.18. The summed E-state index contributed by atoms with van der Waals surface area (Å²) in [5.41, 5.74) is 2.16. The van der Waals surface area contributed by atoms with Crippen LogP contribution in [0.4, 0.5) is 5.69 Å². The fraction of sp³-hybridized carbons (Fsp3) is 0.350. The molecule has 0 fully saturated rings.